The third-order valence-electron chi connectivity index (χ3n) is 3.85. The van der Waals surface area contributed by atoms with E-state index in [1.807, 2.05) is 0 Å². The molecule has 8 nitrogen and oxygen atoms in total. The maximum Gasteiger partial charge on any atom is 0.276 e. The molecule has 2 aromatic carbocycles. The molecule has 0 fully saturated rings. The van der Waals surface area contributed by atoms with Gasteiger partial charge in [-0.3, -0.25) is 19.7 Å². The molecule has 0 spiro atoms. The summed E-state index contributed by atoms with van der Waals surface area (Å²) in [6.45, 7) is 0. The number of nitrogens with zero attached hydrogens (tertiary/aromatic N) is 1. The second kappa shape index (κ2) is 7.52. The van der Waals surface area contributed by atoms with E-state index in [0.29, 0.717) is 11.3 Å². The number of methoxy groups -OCH3 is 1. The summed E-state index contributed by atoms with van der Waals surface area (Å²) in [6, 6.07) is 12.9. The van der Waals surface area contributed by atoms with Gasteiger partial charge in [-0.1, -0.05) is 24.3 Å². The Hall–Kier alpha value is -3.94. The van der Waals surface area contributed by atoms with Crippen molar-refractivity contribution in [3.8, 4) is 5.75 Å². The van der Waals surface area contributed by atoms with E-state index in [4.69, 9.17) is 4.74 Å². The zero-order valence-electron chi connectivity index (χ0n) is 14.3. The Morgan fingerprint density at radius 3 is 2.11 bits per heavy atom. The summed E-state index contributed by atoms with van der Waals surface area (Å²) in [5.74, 6) is 0.670. The number of ether oxygens (including phenoxy) is 1. The lowest BCUT2D eigenvalue weighted by Gasteiger charge is -1.99. The van der Waals surface area contributed by atoms with Crippen molar-refractivity contribution < 1.29 is 9.66 Å². The van der Waals surface area contributed by atoms with E-state index in [-0.39, 0.29) is 21.9 Å². The molecule has 0 aliphatic rings. The molecule has 8 heteroatoms. The summed E-state index contributed by atoms with van der Waals surface area (Å²) in [5.41, 5.74) is -0.322. The van der Waals surface area contributed by atoms with Gasteiger partial charge in [-0.15, -0.1) is 0 Å². The highest BCUT2D eigenvalue weighted by atomic mass is 16.6. The predicted molar refractivity (Wildman–Crippen MR) is 100 cm³/mol. The third-order valence-corrected chi connectivity index (χ3v) is 3.85. The topological polar surface area (TPSA) is 118 Å². The second-order valence-corrected chi connectivity index (χ2v) is 5.61. The summed E-state index contributed by atoms with van der Waals surface area (Å²) in [7, 11) is 1.55. The standard InChI is InChI=1S/C19H15N3O5/c1-27-14-8-6-12(7-9-14)10-15-18(23)21-16(19(24)20-15)11-13-4-2-3-5-17(13)22(25)26/h2-11H,1H3,(H,20,24)(H,21,23)/b15-10-,16-11-. The molecule has 0 aliphatic heterocycles. The normalized spacial score (nSPS) is 12.2. The van der Waals surface area contributed by atoms with Gasteiger partial charge >= 0.3 is 0 Å². The van der Waals surface area contributed by atoms with Crippen LogP contribution in [0.4, 0.5) is 5.69 Å². The molecule has 0 amide bonds. The highest BCUT2D eigenvalue weighted by molar-refractivity contribution is 5.59. The number of hydrogen-bond donors (Lipinski definition) is 2. The number of rotatable bonds is 4. The van der Waals surface area contributed by atoms with Gasteiger partial charge in [0, 0.05) is 6.07 Å². The summed E-state index contributed by atoms with van der Waals surface area (Å²) in [4.78, 5) is 40.1. The van der Waals surface area contributed by atoms with Crippen LogP contribution >= 0.6 is 0 Å². The van der Waals surface area contributed by atoms with Crippen LogP contribution in [0, 0.1) is 10.1 Å². The van der Waals surface area contributed by atoms with E-state index in [1.54, 1.807) is 37.4 Å². The van der Waals surface area contributed by atoms with Crippen LogP contribution in [0.25, 0.3) is 12.2 Å². The Balaban J connectivity index is 2.11. The molecule has 0 radical (unpaired) electrons. The van der Waals surface area contributed by atoms with Crippen LogP contribution in [0.15, 0.2) is 58.1 Å². The van der Waals surface area contributed by atoms with Crippen molar-refractivity contribution >= 4 is 17.8 Å². The number of hydrogen-bond acceptors (Lipinski definition) is 5. The maximum absolute atomic E-state index is 12.3. The minimum absolute atomic E-state index is 0.0684. The van der Waals surface area contributed by atoms with Crippen molar-refractivity contribution in [2.45, 2.75) is 0 Å². The Labute approximate surface area is 152 Å². The molecule has 136 valence electrons. The minimum atomic E-state index is -0.562. The van der Waals surface area contributed by atoms with E-state index in [2.05, 4.69) is 9.97 Å². The average Bonchev–Trinajstić information content (AvgIpc) is 2.66. The Morgan fingerprint density at radius 1 is 0.926 bits per heavy atom. The number of para-hydroxylation sites is 1. The molecule has 3 aromatic rings. The first kappa shape index (κ1) is 17.9. The third kappa shape index (κ3) is 4.01. The monoisotopic (exact) mass is 365 g/mol. The van der Waals surface area contributed by atoms with Gasteiger partial charge in [-0.05, 0) is 35.9 Å². The number of aromatic amines is 2. The van der Waals surface area contributed by atoms with Crippen molar-refractivity contribution in [3.63, 3.8) is 0 Å². The van der Waals surface area contributed by atoms with Gasteiger partial charge in [0.05, 0.1) is 17.6 Å². The van der Waals surface area contributed by atoms with E-state index >= 15 is 0 Å². The zero-order valence-corrected chi connectivity index (χ0v) is 14.3. The first-order valence-corrected chi connectivity index (χ1v) is 7.91. The van der Waals surface area contributed by atoms with E-state index in [0.717, 1.165) is 0 Å². The fourth-order valence-electron chi connectivity index (χ4n) is 2.49. The van der Waals surface area contributed by atoms with Gasteiger partial charge in [0.25, 0.3) is 16.8 Å². The van der Waals surface area contributed by atoms with Crippen LogP contribution in [-0.2, 0) is 0 Å². The molecule has 27 heavy (non-hydrogen) atoms. The highest BCUT2D eigenvalue weighted by Gasteiger charge is 2.10. The van der Waals surface area contributed by atoms with Crippen LogP contribution in [0.1, 0.15) is 11.1 Å². The Bertz CT molecular complexity index is 1220. The molecule has 1 heterocycles. The highest BCUT2D eigenvalue weighted by Crippen LogP contribution is 2.17. The van der Waals surface area contributed by atoms with Gasteiger partial charge < -0.3 is 14.7 Å². The first-order chi connectivity index (χ1) is 13.0. The number of H-pyrrole nitrogens is 2. The lowest BCUT2D eigenvalue weighted by Crippen LogP contribution is -2.46. The first-order valence-electron chi connectivity index (χ1n) is 7.91. The van der Waals surface area contributed by atoms with E-state index < -0.39 is 16.0 Å². The largest absolute Gasteiger partial charge is 0.497 e. The van der Waals surface area contributed by atoms with Gasteiger partial charge in [-0.2, -0.15) is 0 Å². The average molecular weight is 365 g/mol. The second-order valence-electron chi connectivity index (χ2n) is 5.61. The molecule has 0 saturated heterocycles. The summed E-state index contributed by atoms with van der Waals surface area (Å²) < 4.78 is 5.07. The summed E-state index contributed by atoms with van der Waals surface area (Å²) >= 11 is 0. The zero-order chi connectivity index (χ0) is 19.4. The quantitative estimate of drug-likeness (QED) is 0.520. The van der Waals surface area contributed by atoms with Crippen molar-refractivity contribution in [1.29, 1.82) is 0 Å². The molecular formula is C19H15N3O5. The van der Waals surface area contributed by atoms with Crippen molar-refractivity contribution in [1.82, 2.24) is 9.97 Å². The summed E-state index contributed by atoms with van der Waals surface area (Å²) in [6.07, 6.45) is 2.80. The fourth-order valence-corrected chi connectivity index (χ4v) is 2.49. The Kier molecular flexibility index (Phi) is 4.98. The molecule has 3 rings (SSSR count). The number of benzene rings is 2. The van der Waals surface area contributed by atoms with E-state index in [9.17, 15) is 19.7 Å². The van der Waals surface area contributed by atoms with Crippen LogP contribution in [0.3, 0.4) is 0 Å². The number of nitro benzene ring substituents is 1. The minimum Gasteiger partial charge on any atom is -0.497 e. The van der Waals surface area contributed by atoms with Crippen molar-refractivity contribution in [2.75, 3.05) is 7.11 Å². The van der Waals surface area contributed by atoms with Crippen LogP contribution in [-0.4, -0.2) is 22.0 Å². The molecule has 0 saturated carbocycles. The van der Waals surface area contributed by atoms with Crippen LogP contribution in [0.2, 0.25) is 0 Å². The number of nitrogens with one attached hydrogen (secondary N) is 2. The smallest absolute Gasteiger partial charge is 0.276 e. The predicted octanol–water partition coefficient (Wildman–Crippen LogP) is 0.638. The Morgan fingerprint density at radius 2 is 1.52 bits per heavy atom. The van der Waals surface area contributed by atoms with Crippen LogP contribution in [0.5, 0.6) is 5.75 Å². The molecular weight excluding hydrogens is 350 g/mol. The van der Waals surface area contributed by atoms with Gasteiger partial charge in [0.15, 0.2) is 0 Å². The fraction of sp³-hybridized carbons (Fsp3) is 0.0526. The molecule has 0 aliphatic carbocycles. The SMILES string of the molecule is COc1ccc(/C=c2\[nH]c(=O)/c(=C/c3ccccc3[N+](=O)[O-])[nH]c2=O)cc1. The number of nitro groups is 1. The molecule has 2 N–H and O–H groups in total. The lowest BCUT2D eigenvalue weighted by molar-refractivity contribution is -0.385. The van der Waals surface area contributed by atoms with E-state index in [1.165, 1.54) is 30.4 Å². The molecule has 0 atom stereocenters. The molecule has 1 aromatic heterocycles. The molecule has 0 unspecified atom stereocenters. The maximum atomic E-state index is 12.3. The number of aromatic nitrogens is 2. The van der Waals surface area contributed by atoms with Crippen molar-refractivity contribution in [3.05, 3.63) is 101 Å². The lowest BCUT2D eigenvalue weighted by atomic mass is 10.1. The van der Waals surface area contributed by atoms with Gasteiger partial charge in [-0.25, -0.2) is 0 Å². The van der Waals surface area contributed by atoms with Crippen molar-refractivity contribution in [2.24, 2.45) is 0 Å². The van der Waals surface area contributed by atoms with Gasteiger partial charge in [0.1, 0.15) is 16.4 Å². The van der Waals surface area contributed by atoms with Crippen LogP contribution < -0.4 is 26.6 Å². The molecule has 0 bridgehead atoms. The van der Waals surface area contributed by atoms with Gasteiger partial charge in [0.2, 0.25) is 0 Å². The summed E-state index contributed by atoms with van der Waals surface area (Å²) in [5, 5.41) is 11.1.